The Hall–Kier alpha value is -3.15. The Morgan fingerprint density at radius 1 is 1.04 bits per heavy atom. The highest BCUT2D eigenvalue weighted by molar-refractivity contribution is 6.22. The van der Waals surface area contributed by atoms with Crippen LogP contribution in [0, 0.1) is 11.8 Å². The minimum Gasteiger partial charge on any atom is -0.457 e. The highest BCUT2D eigenvalue weighted by Gasteiger charge is 2.47. The van der Waals surface area contributed by atoms with Gasteiger partial charge in [-0.3, -0.25) is 9.59 Å². The van der Waals surface area contributed by atoms with E-state index in [-0.39, 0.29) is 35.2 Å². The average molecular weight is 337 g/mol. The maximum atomic E-state index is 12.6. The van der Waals surface area contributed by atoms with Crippen LogP contribution in [0.25, 0.3) is 0 Å². The predicted molar refractivity (Wildman–Crippen MR) is 88.0 cm³/mol. The van der Waals surface area contributed by atoms with E-state index in [2.05, 4.69) is 0 Å². The zero-order valence-electron chi connectivity index (χ0n) is 13.3. The Labute approximate surface area is 143 Å². The highest BCUT2D eigenvalue weighted by atomic mass is 16.5. The Morgan fingerprint density at radius 3 is 2.40 bits per heavy atom. The van der Waals surface area contributed by atoms with Crippen LogP contribution in [0.2, 0.25) is 0 Å². The smallest absolute Gasteiger partial charge is 0.379 e. The number of hydrogen-bond donors (Lipinski definition) is 0. The van der Waals surface area contributed by atoms with Crippen molar-refractivity contribution in [1.82, 2.24) is 0 Å². The van der Waals surface area contributed by atoms with E-state index in [1.807, 2.05) is 12.2 Å². The molecule has 2 aromatic rings. The molecule has 1 aromatic heterocycles. The van der Waals surface area contributed by atoms with E-state index < -0.39 is 5.97 Å². The molecule has 0 radical (unpaired) electrons. The first-order chi connectivity index (χ1) is 12.1. The van der Waals surface area contributed by atoms with Gasteiger partial charge in [0.15, 0.2) is 0 Å². The normalized spacial score (nSPS) is 22.2. The summed E-state index contributed by atoms with van der Waals surface area (Å²) in [5.74, 6) is -1.32. The van der Waals surface area contributed by atoms with Crippen LogP contribution in [0.4, 0.5) is 5.69 Å². The minimum absolute atomic E-state index is 0.0795. The van der Waals surface area contributed by atoms with Crippen LogP contribution in [-0.4, -0.2) is 17.8 Å². The molecule has 126 valence electrons. The summed E-state index contributed by atoms with van der Waals surface area (Å²) in [6, 6.07) is 9.48. The summed E-state index contributed by atoms with van der Waals surface area (Å²) < 4.78 is 10.2. The Morgan fingerprint density at radius 2 is 1.76 bits per heavy atom. The number of fused-ring (bicyclic) bond motifs is 1. The zero-order chi connectivity index (χ0) is 17.4. The van der Waals surface area contributed by atoms with Gasteiger partial charge >= 0.3 is 5.97 Å². The van der Waals surface area contributed by atoms with Gasteiger partial charge in [-0.1, -0.05) is 18.2 Å². The zero-order valence-corrected chi connectivity index (χ0v) is 13.3. The fourth-order valence-corrected chi connectivity index (χ4v) is 3.29. The first-order valence-corrected chi connectivity index (χ1v) is 8.03. The fourth-order valence-electron chi connectivity index (χ4n) is 3.29. The van der Waals surface area contributed by atoms with Crippen molar-refractivity contribution < 1.29 is 23.5 Å². The van der Waals surface area contributed by atoms with E-state index in [0.717, 1.165) is 0 Å². The lowest BCUT2D eigenvalue weighted by Gasteiger charge is -2.15. The molecule has 2 unspecified atom stereocenters. The molecule has 2 heterocycles. The number of esters is 1. The molecule has 6 heteroatoms. The molecular formula is C19H15NO5. The molecular weight excluding hydrogens is 322 g/mol. The van der Waals surface area contributed by atoms with Crippen LogP contribution >= 0.6 is 0 Å². The summed E-state index contributed by atoms with van der Waals surface area (Å²) in [4.78, 5) is 38.4. The first-order valence-electron chi connectivity index (χ1n) is 8.03. The third-order valence-corrected chi connectivity index (χ3v) is 4.52. The molecule has 0 spiro atoms. The molecule has 1 aromatic carbocycles. The number of anilines is 1. The number of furan rings is 1. The molecule has 6 nitrogen and oxygen atoms in total. The van der Waals surface area contributed by atoms with Crippen LogP contribution in [0.3, 0.4) is 0 Å². The molecule has 4 rings (SSSR count). The number of nitrogens with zero attached hydrogens (tertiary/aromatic N) is 1. The SMILES string of the molecule is O=C(Oc1cccc(N2C(=O)C3CC=CCC3C2=O)c1)c1ccco1. The van der Waals surface area contributed by atoms with Gasteiger partial charge in [-0.2, -0.15) is 0 Å². The van der Waals surface area contributed by atoms with Crippen LogP contribution in [0.5, 0.6) is 5.75 Å². The molecule has 2 atom stereocenters. The summed E-state index contributed by atoms with van der Waals surface area (Å²) in [6.45, 7) is 0. The van der Waals surface area contributed by atoms with Gasteiger partial charge < -0.3 is 9.15 Å². The van der Waals surface area contributed by atoms with Gasteiger partial charge in [-0.05, 0) is 37.1 Å². The summed E-state index contributed by atoms with van der Waals surface area (Å²) >= 11 is 0. The second kappa shape index (κ2) is 6.05. The Balaban J connectivity index is 1.58. The van der Waals surface area contributed by atoms with Crippen LogP contribution < -0.4 is 9.64 Å². The number of benzene rings is 1. The number of hydrogen-bond acceptors (Lipinski definition) is 5. The molecule has 0 saturated carbocycles. The van der Waals surface area contributed by atoms with E-state index in [1.165, 1.54) is 23.3 Å². The van der Waals surface area contributed by atoms with E-state index in [9.17, 15) is 14.4 Å². The third-order valence-electron chi connectivity index (χ3n) is 4.52. The molecule has 2 amide bonds. The summed E-state index contributed by atoms with van der Waals surface area (Å²) in [5.41, 5.74) is 0.411. The molecule has 1 aliphatic carbocycles. The lowest BCUT2D eigenvalue weighted by atomic mass is 9.85. The number of ether oxygens (including phenoxy) is 1. The van der Waals surface area contributed by atoms with Crippen LogP contribution in [0.15, 0.2) is 59.2 Å². The second-order valence-corrected chi connectivity index (χ2v) is 6.03. The quantitative estimate of drug-likeness (QED) is 0.372. The molecule has 1 saturated heterocycles. The lowest BCUT2D eigenvalue weighted by molar-refractivity contribution is -0.122. The molecule has 1 fully saturated rings. The minimum atomic E-state index is -0.640. The van der Waals surface area contributed by atoms with Crippen molar-refractivity contribution in [2.45, 2.75) is 12.8 Å². The van der Waals surface area contributed by atoms with E-state index in [0.29, 0.717) is 18.5 Å². The van der Waals surface area contributed by atoms with Crippen molar-refractivity contribution in [3.63, 3.8) is 0 Å². The number of carbonyl (C=O) groups excluding carboxylic acids is 3. The number of allylic oxidation sites excluding steroid dienone is 2. The van der Waals surface area contributed by atoms with Crippen molar-refractivity contribution >= 4 is 23.5 Å². The number of carbonyl (C=O) groups is 3. The Kier molecular flexibility index (Phi) is 3.72. The third kappa shape index (κ3) is 2.65. The summed E-state index contributed by atoms with van der Waals surface area (Å²) in [6.07, 6.45) is 6.43. The van der Waals surface area contributed by atoms with Gasteiger partial charge in [-0.15, -0.1) is 0 Å². The lowest BCUT2D eigenvalue weighted by Crippen LogP contribution is -2.30. The monoisotopic (exact) mass is 337 g/mol. The van der Waals surface area contributed by atoms with Gasteiger partial charge in [0.05, 0.1) is 23.8 Å². The van der Waals surface area contributed by atoms with Crippen LogP contribution in [-0.2, 0) is 9.59 Å². The van der Waals surface area contributed by atoms with Crippen molar-refractivity contribution in [1.29, 1.82) is 0 Å². The van der Waals surface area contributed by atoms with E-state index in [4.69, 9.17) is 9.15 Å². The van der Waals surface area contributed by atoms with Gasteiger partial charge in [0.25, 0.3) is 0 Å². The summed E-state index contributed by atoms with van der Waals surface area (Å²) in [5, 5.41) is 0. The van der Waals surface area contributed by atoms with Gasteiger partial charge in [0.1, 0.15) is 5.75 Å². The summed E-state index contributed by atoms with van der Waals surface area (Å²) in [7, 11) is 0. The first kappa shape index (κ1) is 15.4. The van der Waals surface area contributed by atoms with Crippen molar-refractivity contribution in [2.75, 3.05) is 4.90 Å². The van der Waals surface area contributed by atoms with Crippen molar-refractivity contribution in [2.24, 2.45) is 11.8 Å². The molecule has 2 aliphatic rings. The van der Waals surface area contributed by atoms with E-state index >= 15 is 0 Å². The standard InChI is InChI=1S/C19H15NO5/c21-17-14-7-1-2-8-15(14)18(22)20(17)12-5-3-6-13(11-12)25-19(23)16-9-4-10-24-16/h1-6,9-11,14-15H,7-8H2. The highest BCUT2D eigenvalue weighted by Crippen LogP contribution is 2.38. The van der Waals surface area contributed by atoms with Crippen molar-refractivity contribution in [3.8, 4) is 5.75 Å². The van der Waals surface area contributed by atoms with Crippen LogP contribution in [0.1, 0.15) is 23.4 Å². The fraction of sp³-hybridized carbons (Fsp3) is 0.211. The Bertz CT molecular complexity index is 842. The van der Waals surface area contributed by atoms with E-state index in [1.54, 1.807) is 24.3 Å². The largest absolute Gasteiger partial charge is 0.457 e. The molecule has 25 heavy (non-hydrogen) atoms. The maximum Gasteiger partial charge on any atom is 0.379 e. The van der Waals surface area contributed by atoms with Crippen molar-refractivity contribution in [3.05, 3.63) is 60.6 Å². The number of rotatable bonds is 3. The second-order valence-electron chi connectivity index (χ2n) is 6.03. The number of imide groups is 1. The number of amides is 2. The topological polar surface area (TPSA) is 76.8 Å². The molecule has 0 bridgehead atoms. The predicted octanol–water partition coefficient (Wildman–Crippen LogP) is 2.95. The van der Waals surface area contributed by atoms with Gasteiger partial charge in [-0.25, -0.2) is 9.69 Å². The molecule has 1 aliphatic heterocycles. The van der Waals surface area contributed by atoms with Gasteiger partial charge in [0, 0.05) is 6.07 Å². The maximum absolute atomic E-state index is 12.6. The average Bonchev–Trinajstić information content (AvgIpc) is 3.24. The molecule has 0 N–H and O–H groups in total. The van der Waals surface area contributed by atoms with Gasteiger partial charge in [0.2, 0.25) is 17.6 Å².